The molecule has 104 valence electrons. The van der Waals surface area contributed by atoms with Gasteiger partial charge in [-0.15, -0.1) is 0 Å². The van der Waals surface area contributed by atoms with E-state index in [0.717, 1.165) is 11.3 Å². The van der Waals surface area contributed by atoms with Gasteiger partial charge in [-0.05, 0) is 55.6 Å². The van der Waals surface area contributed by atoms with Gasteiger partial charge in [0.1, 0.15) is 0 Å². The van der Waals surface area contributed by atoms with Gasteiger partial charge < -0.3 is 10.6 Å². The Kier molecular flexibility index (Phi) is 5.06. The standard InChI is InChI=1S/C15H21ClN2S/c1-10-7-8-14(12(16)9-10)18-15(19)17-13-6-4-3-5-11(13)2/h7-9,11,13H,3-6H2,1-2H3,(H2,17,18,19)/t11-,13+/m0/s1. The lowest BCUT2D eigenvalue weighted by molar-refractivity contribution is 0.309. The molecular formula is C15H21ClN2S. The van der Waals surface area contributed by atoms with E-state index < -0.39 is 0 Å². The highest BCUT2D eigenvalue weighted by atomic mass is 35.5. The van der Waals surface area contributed by atoms with E-state index in [1.807, 2.05) is 25.1 Å². The number of aryl methyl sites for hydroxylation is 1. The summed E-state index contributed by atoms with van der Waals surface area (Å²) < 4.78 is 0. The minimum absolute atomic E-state index is 0.484. The van der Waals surface area contributed by atoms with Crippen LogP contribution >= 0.6 is 23.8 Å². The molecule has 1 aliphatic rings. The Balaban J connectivity index is 1.93. The second-order valence-electron chi connectivity index (χ2n) is 5.45. The van der Waals surface area contributed by atoms with Gasteiger partial charge >= 0.3 is 0 Å². The fourth-order valence-corrected chi connectivity index (χ4v) is 3.12. The maximum absolute atomic E-state index is 6.20. The van der Waals surface area contributed by atoms with Crippen LogP contribution < -0.4 is 10.6 Å². The molecule has 2 N–H and O–H groups in total. The molecule has 0 amide bonds. The van der Waals surface area contributed by atoms with Gasteiger partial charge in [0, 0.05) is 6.04 Å². The Morgan fingerprint density at radius 1 is 1.32 bits per heavy atom. The molecule has 1 fully saturated rings. The first-order valence-corrected chi connectivity index (χ1v) is 7.68. The van der Waals surface area contributed by atoms with Gasteiger partial charge in [0.2, 0.25) is 0 Å². The Morgan fingerprint density at radius 3 is 2.74 bits per heavy atom. The second-order valence-corrected chi connectivity index (χ2v) is 6.27. The largest absolute Gasteiger partial charge is 0.359 e. The topological polar surface area (TPSA) is 24.1 Å². The van der Waals surface area contributed by atoms with E-state index in [1.165, 1.54) is 25.7 Å². The third kappa shape index (κ3) is 4.08. The Labute approximate surface area is 125 Å². The van der Waals surface area contributed by atoms with Crippen LogP contribution in [-0.4, -0.2) is 11.2 Å². The van der Waals surface area contributed by atoms with Crippen LogP contribution in [0.5, 0.6) is 0 Å². The maximum atomic E-state index is 6.20. The Hall–Kier alpha value is -0.800. The molecule has 0 radical (unpaired) electrons. The van der Waals surface area contributed by atoms with Crippen LogP contribution in [0.15, 0.2) is 18.2 Å². The highest BCUT2D eigenvalue weighted by Gasteiger charge is 2.21. The van der Waals surface area contributed by atoms with Gasteiger partial charge in [-0.1, -0.05) is 37.4 Å². The van der Waals surface area contributed by atoms with Gasteiger partial charge in [0.05, 0.1) is 10.7 Å². The summed E-state index contributed by atoms with van der Waals surface area (Å²) in [5.74, 6) is 0.682. The fraction of sp³-hybridized carbons (Fsp3) is 0.533. The molecule has 2 rings (SSSR count). The summed E-state index contributed by atoms with van der Waals surface area (Å²) >= 11 is 11.6. The predicted molar refractivity (Wildman–Crippen MR) is 87.0 cm³/mol. The third-order valence-corrected chi connectivity index (χ3v) is 4.33. The highest BCUT2D eigenvalue weighted by molar-refractivity contribution is 7.80. The maximum Gasteiger partial charge on any atom is 0.171 e. The predicted octanol–water partition coefficient (Wildman–Crippen LogP) is 4.51. The molecule has 0 unspecified atom stereocenters. The van der Waals surface area contributed by atoms with E-state index >= 15 is 0 Å². The lowest BCUT2D eigenvalue weighted by Gasteiger charge is -2.30. The van der Waals surface area contributed by atoms with Gasteiger partial charge in [-0.3, -0.25) is 0 Å². The number of hydrogen-bond donors (Lipinski definition) is 2. The second kappa shape index (κ2) is 6.58. The zero-order valence-corrected chi connectivity index (χ0v) is 13.1. The lowest BCUT2D eigenvalue weighted by Crippen LogP contribution is -2.43. The molecule has 0 spiro atoms. The number of benzene rings is 1. The van der Waals surface area contributed by atoms with Crippen LogP contribution in [0.2, 0.25) is 5.02 Å². The number of nitrogens with one attached hydrogen (secondary N) is 2. The Morgan fingerprint density at radius 2 is 2.05 bits per heavy atom. The number of rotatable bonds is 2. The quantitative estimate of drug-likeness (QED) is 0.785. The molecule has 0 aromatic heterocycles. The lowest BCUT2D eigenvalue weighted by atomic mass is 9.86. The van der Waals surface area contributed by atoms with Crippen molar-refractivity contribution in [2.45, 2.75) is 45.6 Å². The summed E-state index contributed by atoms with van der Waals surface area (Å²) in [5, 5.41) is 7.99. The molecule has 0 aliphatic heterocycles. The van der Waals surface area contributed by atoms with Crippen molar-refractivity contribution in [3.05, 3.63) is 28.8 Å². The molecule has 1 aromatic rings. The highest BCUT2D eigenvalue weighted by Crippen LogP contribution is 2.25. The van der Waals surface area contributed by atoms with E-state index in [-0.39, 0.29) is 0 Å². The van der Waals surface area contributed by atoms with Crippen LogP contribution in [-0.2, 0) is 0 Å². The fourth-order valence-electron chi connectivity index (χ4n) is 2.58. The van der Waals surface area contributed by atoms with Crippen molar-refractivity contribution in [3.63, 3.8) is 0 Å². The molecule has 0 bridgehead atoms. The summed E-state index contributed by atoms with van der Waals surface area (Å²) in [7, 11) is 0. The zero-order chi connectivity index (χ0) is 13.8. The number of anilines is 1. The van der Waals surface area contributed by atoms with Crippen LogP contribution in [0.25, 0.3) is 0 Å². The van der Waals surface area contributed by atoms with Crippen molar-refractivity contribution >= 4 is 34.6 Å². The van der Waals surface area contributed by atoms with Crippen LogP contribution in [0.1, 0.15) is 38.2 Å². The molecule has 0 heterocycles. The third-order valence-electron chi connectivity index (χ3n) is 3.80. The van der Waals surface area contributed by atoms with Crippen LogP contribution in [0, 0.1) is 12.8 Å². The summed E-state index contributed by atoms with van der Waals surface area (Å²) in [6.45, 7) is 4.31. The normalized spacial score (nSPS) is 22.9. The first kappa shape index (κ1) is 14.6. The monoisotopic (exact) mass is 296 g/mol. The summed E-state index contributed by atoms with van der Waals surface area (Å²) in [6, 6.07) is 6.42. The minimum atomic E-state index is 0.484. The number of thiocarbonyl (C=S) groups is 1. The molecule has 2 atom stereocenters. The molecule has 1 aliphatic carbocycles. The average molecular weight is 297 g/mol. The molecule has 1 aromatic carbocycles. The SMILES string of the molecule is Cc1ccc(NC(=S)N[C@@H]2CCCC[C@@H]2C)c(Cl)c1. The molecule has 4 heteroatoms. The van der Waals surface area contributed by atoms with Gasteiger partial charge in [0.25, 0.3) is 0 Å². The van der Waals surface area contributed by atoms with Gasteiger partial charge in [-0.25, -0.2) is 0 Å². The number of hydrogen-bond acceptors (Lipinski definition) is 1. The van der Waals surface area contributed by atoms with Crippen molar-refractivity contribution in [2.75, 3.05) is 5.32 Å². The number of halogens is 1. The minimum Gasteiger partial charge on any atom is -0.359 e. The average Bonchev–Trinajstić information content (AvgIpc) is 2.36. The first-order valence-electron chi connectivity index (χ1n) is 6.90. The molecular weight excluding hydrogens is 276 g/mol. The van der Waals surface area contributed by atoms with Crippen molar-refractivity contribution in [2.24, 2.45) is 5.92 Å². The molecule has 19 heavy (non-hydrogen) atoms. The molecule has 0 saturated heterocycles. The van der Waals surface area contributed by atoms with Gasteiger partial charge in [-0.2, -0.15) is 0 Å². The van der Waals surface area contributed by atoms with Crippen molar-refractivity contribution in [3.8, 4) is 0 Å². The van der Waals surface area contributed by atoms with E-state index in [4.69, 9.17) is 23.8 Å². The van der Waals surface area contributed by atoms with Crippen molar-refractivity contribution < 1.29 is 0 Å². The van der Waals surface area contributed by atoms with E-state index in [0.29, 0.717) is 22.1 Å². The van der Waals surface area contributed by atoms with E-state index in [2.05, 4.69) is 17.6 Å². The zero-order valence-electron chi connectivity index (χ0n) is 11.5. The van der Waals surface area contributed by atoms with Crippen LogP contribution in [0.4, 0.5) is 5.69 Å². The van der Waals surface area contributed by atoms with Crippen molar-refractivity contribution in [1.82, 2.24) is 5.32 Å². The van der Waals surface area contributed by atoms with Gasteiger partial charge in [0.15, 0.2) is 5.11 Å². The summed E-state index contributed by atoms with van der Waals surface area (Å²) in [6.07, 6.45) is 5.11. The smallest absolute Gasteiger partial charge is 0.171 e. The summed E-state index contributed by atoms with van der Waals surface area (Å²) in [4.78, 5) is 0. The molecule has 1 saturated carbocycles. The first-order chi connectivity index (χ1) is 9.06. The summed E-state index contributed by atoms with van der Waals surface area (Å²) in [5.41, 5.74) is 2.02. The van der Waals surface area contributed by atoms with E-state index in [9.17, 15) is 0 Å². The molecule has 2 nitrogen and oxygen atoms in total. The van der Waals surface area contributed by atoms with Crippen molar-refractivity contribution in [1.29, 1.82) is 0 Å². The van der Waals surface area contributed by atoms with Crippen LogP contribution in [0.3, 0.4) is 0 Å². The Bertz CT molecular complexity index is 461. The van der Waals surface area contributed by atoms with E-state index in [1.54, 1.807) is 0 Å².